The minimum atomic E-state index is 1.02. The molecule has 0 aromatic rings. The zero-order valence-corrected chi connectivity index (χ0v) is 6.06. The highest BCUT2D eigenvalue weighted by atomic mass is 14.4. The molecule has 2 atom stereocenters. The summed E-state index contributed by atoms with van der Waals surface area (Å²) in [7, 11) is 0. The van der Waals surface area contributed by atoms with Gasteiger partial charge in [0, 0.05) is 0 Å². The van der Waals surface area contributed by atoms with Crippen molar-refractivity contribution < 1.29 is 0 Å². The van der Waals surface area contributed by atoms with Crippen LogP contribution in [-0.4, -0.2) is 0 Å². The molecule has 50 valence electrons. The van der Waals surface area contributed by atoms with Crippen LogP contribution in [0.15, 0.2) is 11.6 Å². The summed E-state index contributed by atoms with van der Waals surface area (Å²) in [5.74, 6) is 2.08. The van der Waals surface area contributed by atoms with Crippen LogP contribution in [0.4, 0.5) is 0 Å². The van der Waals surface area contributed by atoms with Gasteiger partial charge in [-0.25, -0.2) is 0 Å². The molecule has 1 fully saturated rings. The topological polar surface area (TPSA) is 0 Å². The van der Waals surface area contributed by atoms with E-state index in [0.717, 1.165) is 11.8 Å². The molecule has 0 radical (unpaired) electrons. The minimum absolute atomic E-state index is 1.02. The summed E-state index contributed by atoms with van der Waals surface area (Å²) < 4.78 is 0. The summed E-state index contributed by atoms with van der Waals surface area (Å²) in [4.78, 5) is 0. The van der Waals surface area contributed by atoms with E-state index in [4.69, 9.17) is 0 Å². The van der Waals surface area contributed by atoms with Gasteiger partial charge in [-0.2, -0.15) is 0 Å². The third-order valence-electron chi connectivity index (χ3n) is 2.79. The largest absolute Gasteiger partial charge is 0.0842 e. The second kappa shape index (κ2) is 1.86. The maximum absolute atomic E-state index is 2.44. The van der Waals surface area contributed by atoms with Crippen LogP contribution in [0.1, 0.15) is 32.6 Å². The summed E-state index contributed by atoms with van der Waals surface area (Å²) >= 11 is 0. The number of allylic oxidation sites excluding steroid dienone is 2. The van der Waals surface area contributed by atoms with Crippen LogP contribution in [0, 0.1) is 11.8 Å². The van der Waals surface area contributed by atoms with Crippen molar-refractivity contribution in [2.24, 2.45) is 11.8 Å². The number of hydrogen-bond acceptors (Lipinski definition) is 0. The molecule has 0 bridgehead atoms. The molecule has 0 saturated heterocycles. The molecule has 0 N–H and O–H groups in total. The lowest BCUT2D eigenvalue weighted by Gasteiger charge is -2.45. The van der Waals surface area contributed by atoms with Crippen LogP contribution in [0.5, 0.6) is 0 Å². The fourth-order valence-corrected chi connectivity index (χ4v) is 2.10. The van der Waals surface area contributed by atoms with Gasteiger partial charge < -0.3 is 0 Å². The molecular weight excluding hydrogens is 108 g/mol. The Bertz CT molecular complexity index is 144. The average Bonchev–Trinajstić information content (AvgIpc) is 1.82. The van der Waals surface area contributed by atoms with Crippen molar-refractivity contribution in [1.29, 1.82) is 0 Å². The van der Waals surface area contributed by atoms with Gasteiger partial charge in [-0.05, 0) is 31.1 Å². The van der Waals surface area contributed by atoms with Crippen LogP contribution >= 0.6 is 0 Å². The van der Waals surface area contributed by atoms with Crippen LogP contribution in [-0.2, 0) is 0 Å². The second-order valence-corrected chi connectivity index (χ2v) is 3.36. The molecule has 0 nitrogen and oxygen atoms in total. The van der Waals surface area contributed by atoms with Gasteiger partial charge in [0.25, 0.3) is 0 Å². The Morgan fingerprint density at radius 3 is 2.89 bits per heavy atom. The Kier molecular flexibility index (Phi) is 1.14. The van der Waals surface area contributed by atoms with Crippen molar-refractivity contribution in [1.82, 2.24) is 0 Å². The monoisotopic (exact) mass is 122 g/mol. The van der Waals surface area contributed by atoms with Crippen molar-refractivity contribution in [3.05, 3.63) is 11.6 Å². The predicted molar refractivity (Wildman–Crippen MR) is 39.2 cm³/mol. The van der Waals surface area contributed by atoms with Gasteiger partial charge in [-0.1, -0.05) is 25.0 Å². The molecule has 1 saturated carbocycles. The molecule has 0 amide bonds. The molecule has 0 spiro atoms. The smallest absolute Gasteiger partial charge is 0.0160 e. The SMILES string of the molecule is CCCC1C[C@@H]2CC=C12. The van der Waals surface area contributed by atoms with Gasteiger partial charge >= 0.3 is 0 Å². The van der Waals surface area contributed by atoms with Crippen molar-refractivity contribution in [3.63, 3.8) is 0 Å². The normalized spacial score (nSPS) is 38.1. The standard InChI is InChI=1S/C9H14/c1-2-3-7-6-8-4-5-9(7)8/h5,7-8H,2-4,6H2,1H3/t7?,8-/m0/s1. The van der Waals surface area contributed by atoms with E-state index in [0.29, 0.717) is 0 Å². The van der Waals surface area contributed by atoms with E-state index >= 15 is 0 Å². The van der Waals surface area contributed by atoms with Gasteiger partial charge in [0.15, 0.2) is 0 Å². The maximum Gasteiger partial charge on any atom is -0.0160 e. The molecule has 0 heteroatoms. The van der Waals surface area contributed by atoms with Gasteiger partial charge in [0.05, 0.1) is 0 Å². The predicted octanol–water partition coefficient (Wildman–Crippen LogP) is 2.75. The summed E-state index contributed by atoms with van der Waals surface area (Å²) in [6, 6.07) is 0. The van der Waals surface area contributed by atoms with Gasteiger partial charge in [0.1, 0.15) is 0 Å². The number of hydrogen-bond donors (Lipinski definition) is 0. The minimum Gasteiger partial charge on any atom is -0.0842 e. The van der Waals surface area contributed by atoms with Crippen LogP contribution in [0.3, 0.4) is 0 Å². The first-order valence-corrected chi connectivity index (χ1v) is 4.11. The van der Waals surface area contributed by atoms with Gasteiger partial charge in [-0.3, -0.25) is 0 Å². The molecule has 9 heavy (non-hydrogen) atoms. The van der Waals surface area contributed by atoms with E-state index < -0.39 is 0 Å². The third kappa shape index (κ3) is 0.654. The van der Waals surface area contributed by atoms with Crippen LogP contribution in [0.25, 0.3) is 0 Å². The van der Waals surface area contributed by atoms with E-state index in [1.807, 2.05) is 0 Å². The molecule has 1 unspecified atom stereocenters. The zero-order valence-electron chi connectivity index (χ0n) is 6.06. The van der Waals surface area contributed by atoms with Crippen LogP contribution in [0.2, 0.25) is 0 Å². The average molecular weight is 122 g/mol. The van der Waals surface area contributed by atoms with Crippen molar-refractivity contribution >= 4 is 0 Å². The number of fused-ring (bicyclic) bond motifs is 1. The highest BCUT2D eigenvalue weighted by Gasteiger charge is 2.38. The lowest BCUT2D eigenvalue weighted by atomic mass is 9.60. The van der Waals surface area contributed by atoms with Crippen LogP contribution < -0.4 is 0 Å². The summed E-state index contributed by atoms with van der Waals surface area (Å²) in [5, 5.41) is 0. The quantitative estimate of drug-likeness (QED) is 0.494. The third-order valence-corrected chi connectivity index (χ3v) is 2.79. The summed E-state index contributed by atoms with van der Waals surface area (Å²) in [6.45, 7) is 2.28. The molecule has 2 aliphatic carbocycles. The first-order valence-electron chi connectivity index (χ1n) is 4.11. The lowest BCUT2D eigenvalue weighted by molar-refractivity contribution is 0.262. The zero-order chi connectivity index (χ0) is 6.27. The Morgan fingerprint density at radius 2 is 2.56 bits per heavy atom. The van der Waals surface area contributed by atoms with E-state index in [-0.39, 0.29) is 0 Å². The summed E-state index contributed by atoms with van der Waals surface area (Å²) in [5.41, 5.74) is 1.80. The first kappa shape index (κ1) is 5.52. The number of rotatable bonds is 2. The van der Waals surface area contributed by atoms with E-state index in [2.05, 4.69) is 13.0 Å². The Labute approximate surface area is 57.0 Å². The molecule has 2 aliphatic rings. The Hall–Kier alpha value is -0.260. The molecule has 2 rings (SSSR count). The molecule has 0 aromatic heterocycles. The van der Waals surface area contributed by atoms with E-state index in [1.54, 1.807) is 5.57 Å². The van der Waals surface area contributed by atoms with E-state index in [9.17, 15) is 0 Å². The second-order valence-electron chi connectivity index (χ2n) is 3.36. The Balaban J connectivity index is 1.89. The highest BCUT2D eigenvalue weighted by Crippen LogP contribution is 2.50. The molecule has 0 aliphatic heterocycles. The molecule has 0 aromatic carbocycles. The van der Waals surface area contributed by atoms with Crippen molar-refractivity contribution in [3.8, 4) is 0 Å². The lowest BCUT2D eigenvalue weighted by Crippen LogP contribution is -2.32. The molecular formula is C9H14. The van der Waals surface area contributed by atoms with Crippen molar-refractivity contribution in [2.45, 2.75) is 32.6 Å². The maximum atomic E-state index is 2.44. The summed E-state index contributed by atoms with van der Waals surface area (Å²) in [6.07, 6.45) is 8.17. The van der Waals surface area contributed by atoms with E-state index in [1.165, 1.54) is 25.7 Å². The van der Waals surface area contributed by atoms with Gasteiger partial charge in [0.2, 0.25) is 0 Å². The Morgan fingerprint density at radius 1 is 1.67 bits per heavy atom. The highest BCUT2D eigenvalue weighted by molar-refractivity contribution is 5.28. The first-order chi connectivity index (χ1) is 4.42. The fraction of sp³-hybridized carbons (Fsp3) is 0.778. The molecule has 0 heterocycles. The van der Waals surface area contributed by atoms with Gasteiger partial charge in [-0.15, -0.1) is 0 Å². The fourth-order valence-electron chi connectivity index (χ4n) is 2.10. The van der Waals surface area contributed by atoms with Crippen molar-refractivity contribution in [2.75, 3.05) is 0 Å².